The molecule has 0 saturated heterocycles. The van der Waals surface area contributed by atoms with E-state index < -0.39 is 0 Å². The SMILES string of the molecule is CC(C)c1ccccc1Oc1ccc(C(=O)N(C)CCc2ncon2)cc1. The number of hydrogen-bond donors (Lipinski definition) is 0. The van der Waals surface area contributed by atoms with Crippen molar-refractivity contribution >= 4 is 5.91 Å². The van der Waals surface area contributed by atoms with Crippen LogP contribution in [0.15, 0.2) is 59.4 Å². The first-order chi connectivity index (χ1) is 13.0. The van der Waals surface area contributed by atoms with Crippen molar-refractivity contribution in [2.24, 2.45) is 0 Å². The van der Waals surface area contributed by atoms with Gasteiger partial charge in [0.15, 0.2) is 5.82 Å². The van der Waals surface area contributed by atoms with Gasteiger partial charge in [-0.25, -0.2) is 0 Å². The predicted molar refractivity (Wildman–Crippen MR) is 102 cm³/mol. The fourth-order valence-corrected chi connectivity index (χ4v) is 2.74. The van der Waals surface area contributed by atoms with Crippen LogP contribution in [0.2, 0.25) is 0 Å². The molecule has 2 aromatic carbocycles. The maximum Gasteiger partial charge on any atom is 0.253 e. The summed E-state index contributed by atoms with van der Waals surface area (Å²) in [6.07, 6.45) is 1.83. The molecule has 0 spiro atoms. The van der Waals surface area contributed by atoms with Crippen LogP contribution in [0.1, 0.15) is 41.5 Å². The Bertz CT molecular complexity index is 874. The molecule has 1 aromatic heterocycles. The van der Waals surface area contributed by atoms with E-state index in [1.54, 1.807) is 24.1 Å². The molecule has 0 aliphatic rings. The summed E-state index contributed by atoms with van der Waals surface area (Å²) in [5.74, 6) is 2.43. The lowest BCUT2D eigenvalue weighted by atomic mass is 10.0. The minimum absolute atomic E-state index is 0.0624. The second kappa shape index (κ2) is 8.49. The monoisotopic (exact) mass is 365 g/mol. The lowest BCUT2D eigenvalue weighted by molar-refractivity contribution is 0.0796. The number of carbonyl (C=O) groups excluding carboxylic acids is 1. The minimum atomic E-state index is -0.0624. The number of rotatable bonds is 7. The third-order valence-electron chi connectivity index (χ3n) is 4.29. The summed E-state index contributed by atoms with van der Waals surface area (Å²) in [5, 5.41) is 3.75. The second-order valence-electron chi connectivity index (χ2n) is 6.64. The van der Waals surface area contributed by atoms with Crippen LogP contribution < -0.4 is 4.74 Å². The number of nitrogens with zero attached hydrogens (tertiary/aromatic N) is 3. The van der Waals surface area contributed by atoms with Crippen molar-refractivity contribution in [3.8, 4) is 11.5 Å². The Morgan fingerprint density at radius 2 is 1.89 bits per heavy atom. The van der Waals surface area contributed by atoms with E-state index in [1.165, 1.54) is 6.39 Å². The van der Waals surface area contributed by atoms with Crippen LogP contribution in [0, 0.1) is 0 Å². The lowest BCUT2D eigenvalue weighted by Gasteiger charge is -2.17. The Balaban J connectivity index is 1.63. The van der Waals surface area contributed by atoms with Crippen LogP contribution in [0.5, 0.6) is 11.5 Å². The van der Waals surface area contributed by atoms with Crippen molar-refractivity contribution in [2.75, 3.05) is 13.6 Å². The first kappa shape index (κ1) is 18.6. The van der Waals surface area contributed by atoms with Crippen LogP contribution in [0.4, 0.5) is 0 Å². The zero-order valence-corrected chi connectivity index (χ0v) is 15.8. The third-order valence-corrected chi connectivity index (χ3v) is 4.29. The van der Waals surface area contributed by atoms with Crippen LogP contribution >= 0.6 is 0 Å². The highest BCUT2D eigenvalue weighted by molar-refractivity contribution is 5.94. The number of benzene rings is 2. The molecule has 140 valence electrons. The van der Waals surface area contributed by atoms with Gasteiger partial charge in [-0.15, -0.1) is 0 Å². The first-order valence-corrected chi connectivity index (χ1v) is 8.92. The van der Waals surface area contributed by atoms with Crippen LogP contribution in [-0.2, 0) is 6.42 Å². The molecular weight excluding hydrogens is 342 g/mol. The summed E-state index contributed by atoms with van der Waals surface area (Å²) < 4.78 is 10.7. The average molecular weight is 365 g/mol. The number of ether oxygens (including phenoxy) is 1. The number of carbonyl (C=O) groups is 1. The van der Waals surface area contributed by atoms with Crippen molar-refractivity contribution < 1.29 is 14.1 Å². The van der Waals surface area contributed by atoms with Gasteiger partial charge < -0.3 is 14.2 Å². The standard InChI is InChI=1S/C21H23N3O3/c1-15(2)18-6-4-5-7-19(18)27-17-10-8-16(9-11-17)21(25)24(3)13-12-20-22-14-26-23-20/h4-11,14-15H,12-13H2,1-3H3. The Morgan fingerprint density at radius 1 is 1.15 bits per heavy atom. The van der Waals surface area contributed by atoms with Gasteiger partial charge in [0.2, 0.25) is 6.39 Å². The van der Waals surface area contributed by atoms with Crippen molar-refractivity contribution in [3.63, 3.8) is 0 Å². The van der Waals surface area contributed by atoms with Gasteiger partial charge in [-0.1, -0.05) is 37.2 Å². The normalized spacial score (nSPS) is 10.8. The van der Waals surface area contributed by atoms with Crippen molar-refractivity contribution in [1.82, 2.24) is 15.0 Å². The van der Waals surface area contributed by atoms with E-state index in [9.17, 15) is 4.79 Å². The topological polar surface area (TPSA) is 68.5 Å². The first-order valence-electron chi connectivity index (χ1n) is 8.92. The maximum absolute atomic E-state index is 12.5. The Hall–Kier alpha value is -3.15. The highest BCUT2D eigenvalue weighted by Gasteiger charge is 2.13. The van der Waals surface area contributed by atoms with Gasteiger partial charge in [-0.3, -0.25) is 4.79 Å². The van der Waals surface area contributed by atoms with E-state index in [4.69, 9.17) is 9.26 Å². The molecule has 3 rings (SSSR count). The summed E-state index contributed by atoms with van der Waals surface area (Å²) in [7, 11) is 1.76. The Kier molecular flexibility index (Phi) is 5.86. The van der Waals surface area contributed by atoms with E-state index in [0.29, 0.717) is 36.0 Å². The molecular formula is C21H23N3O3. The molecule has 0 N–H and O–H groups in total. The fourth-order valence-electron chi connectivity index (χ4n) is 2.74. The largest absolute Gasteiger partial charge is 0.457 e. The highest BCUT2D eigenvalue weighted by atomic mass is 16.5. The third kappa shape index (κ3) is 4.73. The molecule has 1 amide bonds. The average Bonchev–Trinajstić information content (AvgIpc) is 3.20. The molecule has 6 nitrogen and oxygen atoms in total. The zero-order chi connectivity index (χ0) is 19.2. The number of amides is 1. The quantitative estimate of drug-likeness (QED) is 0.624. The molecule has 0 atom stereocenters. The molecule has 0 unspecified atom stereocenters. The molecule has 0 saturated carbocycles. The van der Waals surface area contributed by atoms with Gasteiger partial charge in [0.05, 0.1) is 0 Å². The molecule has 0 radical (unpaired) electrons. The molecule has 0 bridgehead atoms. The van der Waals surface area contributed by atoms with Gasteiger partial charge in [0.25, 0.3) is 5.91 Å². The zero-order valence-electron chi connectivity index (χ0n) is 15.8. The highest BCUT2D eigenvalue weighted by Crippen LogP contribution is 2.30. The van der Waals surface area contributed by atoms with Crippen LogP contribution in [0.25, 0.3) is 0 Å². The number of para-hydroxylation sites is 1. The van der Waals surface area contributed by atoms with E-state index >= 15 is 0 Å². The smallest absolute Gasteiger partial charge is 0.253 e. The molecule has 0 aliphatic heterocycles. The lowest BCUT2D eigenvalue weighted by Crippen LogP contribution is -2.29. The number of hydrogen-bond acceptors (Lipinski definition) is 5. The summed E-state index contributed by atoms with van der Waals surface area (Å²) in [5.41, 5.74) is 1.76. The van der Waals surface area contributed by atoms with Gasteiger partial charge in [0, 0.05) is 25.6 Å². The van der Waals surface area contributed by atoms with E-state index in [0.717, 1.165) is 11.3 Å². The Morgan fingerprint density at radius 3 is 2.56 bits per heavy atom. The molecule has 1 heterocycles. The van der Waals surface area contributed by atoms with E-state index in [1.807, 2.05) is 30.3 Å². The van der Waals surface area contributed by atoms with Crippen LogP contribution in [-0.4, -0.2) is 34.5 Å². The molecule has 0 fully saturated rings. The fraction of sp³-hybridized carbons (Fsp3) is 0.286. The van der Waals surface area contributed by atoms with Crippen molar-refractivity contribution in [1.29, 1.82) is 0 Å². The van der Waals surface area contributed by atoms with Crippen LogP contribution in [0.3, 0.4) is 0 Å². The summed E-state index contributed by atoms with van der Waals surface area (Å²) in [4.78, 5) is 18.1. The van der Waals surface area contributed by atoms with E-state index in [-0.39, 0.29) is 5.91 Å². The van der Waals surface area contributed by atoms with Gasteiger partial charge in [-0.2, -0.15) is 4.98 Å². The summed E-state index contributed by atoms with van der Waals surface area (Å²) in [6, 6.07) is 15.2. The number of likely N-dealkylation sites (N-methyl/N-ethyl adjacent to an activating group) is 1. The molecule has 6 heteroatoms. The van der Waals surface area contributed by atoms with Gasteiger partial charge in [-0.05, 0) is 41.8 Å². The predicted octanol–water partition coefficient (Wildman–Crippen LogP) is 4.30. The molecule has 27 heavy (non-hydrogen) atoms. The van der Waals surface area contributed by atoms with E-state index in [2.05, 4.69) is 30.1 Å². The van der Waals surface area contributed by atoms with Gasteiger partial charge >= 0.3 is 0 Å². The number of aromatic nitrogens is 2. The van der Waals surface area contributed by atoms with Gasteiger partial charge in [0.1, 0.15) is 11.5 Å². The van der Waals surface area contributed by atoms with Crippen molar-refractivity contribution in [3.05, 3.63) is 71.9 Å². The summed E-state index contributed by atoms with van der Waals surface area (Å²) in [6.45, 7) is 4.78. The van der Waals surface area contributed by atoms with Crippen molar-refractivity contribution in [2.45, 2.75) is 26.2 Å². The summed E-state index contributed by atoms with van der Waals surface area (Å²) >= 11 is 0. The molecule has 0 aliphatic carbocycles. The maximum atomic E-state index is 12.5. The Labute approximate surface area is 158 Å². The molecule has 3 aromatic rings. The minimum Gasteiger partial charge on any atom is -0.457 e. The second-order valence-corrected chi connectivity index (χ2v) is 6.64.